The van der Waals surface area contributed by atoms with Gasteiger partial charge in [-0.15, -0.1) is 11.3 Å². The van der Waals surface area contributed by atoms with E-state index in [4.69, 9.17) is 4.74 Å². The highest BCUT2D eigenvalue weighted by molar-refractivity contribution is 7.12. The van der Waals surface area contributed by atoms with Gasteiger partial charge < -0.3 is 10.1 Å². The molecular formula is C16H15NO3S. The molecule has 1 saturated carbocycles. The summed E-state index contributed by atoms with van der Waals surface area (Å²) in [5.74, 6) is 0.282. The van der Waals surface area contributed by atoms with Crippen LogP contribution in [0, 0.1) is 5.92 Å². The van der Waals surface area contributed by atoms with Gasteiger partial charge >= 0.3 is 5.97 Å². The van der Waals surface area contributed by atoms with Crippen LogP contribution in [0.2, 0.25) is 0 Å². The molecule has 0 radical (unpaired) electrons. The Balaban J connectivity index is 1.58. The highest BCUT2D eigenvalue weighted by Gasteiger charge is 2.27. The summed E-state index contributed by atoms with van der Waals surface area (Å²) in [6.45, 7) is 0. The topological polar surface area (TPSA) is 55.4 Å². The maximum atomic E-state index is 11.9. The monoisotopic (exact) mass is 301 g/mol. The second kappa shape index (κ2) is 6.10. The molecular weight excluding hydrogens is 286 g/mol. The summed E-state index contributed by atoms with van der Waals surface area (Å²) in [7, 11) is 0. The van der Waals surface area contributed by atoms with Gasteiger partial charge in [0.05, 0.1) is 10.8 Å². The minimum atomic E-state index is -0.156. The first-order valence-electron chi connectivity index (χ1n) is 6.89. The van der Waals surface area contributed by atoms with Crippen LogP contribution in [0.5, 0.6) is 5.75 Å². The molecule has 1 amide bonds. The van der Waals surface area contributed by atoms with E-state index in [9.17, 15) is 9.59 Å². The first kappa shape index (κ1) is 13.8. The van der Waals surface area contributed by atoms with Gasteiger partial charge in [-0.25, -0.2) is 0 Å². The third kappa shape index (κ3) is 3.31. The molecule has 2 aromatic rings. The largest absolute Gasteiger partial charge is 0.426 e. The summed E-state index contributed by atoms with van der Waals surface area (Å²) >= 11 is 1.39. The fourth-order valence-electron chi connectivity index (χ4n) is 2.05. The third-order valence-corrected chi connectivity index (χ3v) is 4.38. The maximum Gasteiger partial charge on any atom is 0.314 e. The van der Waals surface area contributed by atoms with Gasteiger partial charge in [0.1, 0.15) is 5.75 Å². The molecule has 3 rings (SSSR count). The molecule has 1 N–H and O–H groups in total. The number of esters is 1. The predicted molar refractivity (Wildman–Crippen MR) is 81.7 cm³/mol. The fourth-order valence-corrected chi connectivity index (χ4v) is 2.67. The van der Waals surface area contributed by atoms with Crippen LogP contribution >= 0.6 is 11.3 Å². The number of thiophene rings is 1. The van der Waals surface area contributed by atoms with Crippen molar-refractivity contribution in [2.75, 3.05) is 5.32 Å². The van der Waals surface area contributed by atoms with E-state index in [-0.39, 0.29) is 17.8 Å². The molecule has 0 atom stereocenters. The molecule has 5 heteroatoms. The van der Waals surface area contributed by atoms with Gasteiger partial charge in [-0.3, -0.25) is 9.59 Å². The minimum absolute atomic E-state index is 0.0585. The van der Waals surface area contributed by atoms with Crippen LogP contribution in [0.4, 0.5) is 5.69 Å². The first-order valence-corrected chi connectivity index (χ1v) is 7.77. The van der Waals surface area contributed by atoms with Crippen LogP contribution in [0.1, 0.15) is 28.9 Å². The van der Waals surface area contributed by atoms with E-state index in [1.165, 1.54) is 11.3 Å². The zero-order valence-corrected chi connectivity index (χ0v) is 12.2. The Morgan fingerprint density at radius 1 is 1.14 bits per heavy atom. The van der Waals surface area contributed by atoms with E-state index >= 15 is 0 Å². The van der Waals surface area contributed by atoms with E-state index in [1.807, 2.05) is 11.4 Å². The number of hydrogen-bond donors (Lipinski definition) is 1. The Bertz CT molecular complexity index is 630. The molecule has 1 aromatic carbocycles. The number of carbonyl (C=O) groups excluding carboxylic acids is 2. The van der Waals surface area contributed by atoms with E-state index in [0.29, 0.717) is 16.3 Å². The second-order valence-electron chi connectivity index (χ2n) is 5.00. The lowest BCUT2D eigenvalue weighted by atomic mass is 9.86. The molecule has 0 aliphatic heterocycles. The summed E-state index contributed by atoms with van der Waals surface area (Å²) in [6, 6.07) is 10.5. The lowest BCUT2D eigenvalue weighted by Crippen LogP contribution is -2.26. The quantitative estimate of drug-likeness (QED) is 0.692. The Labute approximate surface area is 126 Å². The van der Waals surface area contributed by atoms with E-state index in [0.717, 1.165) is 19.3 Å². The Morgan fingerprint density at radius 2 is 1.90 bits per heavy atom. The van der Waals surface area contributed by atoms with Crippen LogP contribution < -0.4 is 10.1 Å². The Kier molecular flexibility index (Phi) is 4.01. The fraction of sp³-hybridized carbons (Fsp3) is 0.250. The second-order valence-corrected chi connectivity index (χ2v) is 5.95. The number of anilines is 1. The third-order valence-electron chi connectivity index (χ3n) is 3.51. The smallest absolute Gasteiger partial charge is 0.314 e. The molecule has 1 fully saturated rings. The van der Waals surface area contributed by atoms with Gasteiger partial charge in [0.2, 0.25) is 0 Å². The van der Waals surface area contributed by atoms with E-state index < -0.39 is 0 Å². The summed E-state index contributed by atoms with van der Waals surface area (Å²) in [5, 5.41) is 4.66. The number of benzene rings is 1. The molecule has 0 unspecified atom stereocenters. The molecule has 0 bridgehead atoms. The van der Waals surface area contributed by atoms with Crippen LogP contribution in [0.25, 0.3) is 0 Å². The molecule has 1 aliphatic rings. The highest BCUT2D eigenvalue weighted by Crippen LogP contribution is 2.28. The number of hydrogen-bond acceptors (Lipinski definition) is 4. The zero-order valence-electron chi connectivity index (χ0n) is 11.4. The summed E-state index contributed by atoms with van der Waals surface area (Å²) in [4.78, 5) is 24.3. The number of amides is 1. The molecule has 21 heavy (non-hydrogen) atoms. The molecule has 1 aromatic heterocycles. The van der Waals surface area contributed by atoms with Crippen molar-refractivity contribution in [3.8, 4) is 5.75 Å². The lowest BCUT2D eigenvalue weighted by Gasteiger charge is -2.22. The van der Waals surface area contributed by atoms with Crippen molar-refractivity contribution in [1.29, 1.82) is 0 Å². The van der Waals surface area contributed by atoms with Crippen molar-refractivity contribution in [1.82, 2.24) is 0 Å². The Morgan fingerprint density at radius 3 is 2.48 bits per heavy atom. The van der Waals surface area contributed by atoms with Crippen molar-refractivity contribution in [2.45, 2.75) is 19.3 Å². The number of nitrogens with one attached hydrogen (secondary N) is 1. The number of rotatable bonds is 4. The molecule has 1 aliphatic carbocycles. The minimum Gasteiger partial charge on any atom is -0.426 e. The van der Waals surface area contributed by atoms with Gasteiger partial charge in [0.15, 0.2) is 0 Å². The van der Waals surface area contributed by atoms with Crippen molar-refractivity contribution < 1.29 is 14.3 Å². The summed E-state index contributed by atoms with van der Waals surface area (Å²) in [5.41, 5.74) is 0.678. The average Bonchev–Trinajstić information content (AvgIpc) is 2.93. The van der Waals surface area contributed by atoms with Crippen LogP contribution in [-0.4, -0.2) is 11.9 Å². The summed E-state index contributed by atoms with van der Waals surface area (Å²) < 4.78 is 5.30. The molecule has 108 valence electrons. The molecule has 0 saturated heterocycles. The zero-order chi connectivity index (χ0) is 14.7. The van der Waals surface area contributed by atoms with Gasteiger partial charge in [0.25, 0.3) is 5.91 Å². The molecule has 0 spiro atoms. The van der Waals surface area contributed by atoms with Gasteiger partial charge in [-0.1, -0.05) is 12.5 Å². The normalized spacial score (nSPS) is 14.3. The highest BCUT2D eigenvalue weighted by atomic mass is 32.1. The maximum absolute atomic E-state index is 11.9. The standard InChI is InChI=1S/C16H15NO3S/c18-15(14-5-2-10-21-14)17-12-6-8-13(9-7-12)20-16(19)11-3-1-4-11/h2,5-11H,1,3-4H2,(H,17,18). The van der Waals surface area contributed by atoms with Crippen LogP contribution in [-0.2, 0) is 4.79 Å². The molecule has 1 heterocycles. The predicted octanol–water partition coefficient (Wildman–Crippen LogP) is 3.71. The van der Waals surface area contributed by atoms with Gasteiger partial charge in [-0.2, -0.15) is 0 Å². The van der Waals surface area contributed by atoms with E-state index in [1.54, 1.807) is 30.3 Å². The van der Waals surface area contributed by atoms with E-state index in [2.05, 4.69) is 5.32 Å². The van der Waals surface area contributed by atoms with Crippen LogP contribution in [0.3, 0.4) is 0 Å². The van der Waals surface area contributed by atoms with Gasteiger partial charge in [-0.05, 0) is 48.6 Å². The van der Waals surface area contributed by atoms with Crippen molar-refractivity contribution >= 4 is 28.9 Å². The molecule has 4 nitrogen and oxygen atoms in total. The van der Waals surface area contributed by atoms with Crippen molar-refractivity contribution in [3.63, 3.8) is 0 Å². The van der Waals surface area contributed by atoms with Crippen molar-refractivity contribution in [3.05, 3.63) is 46.7 Å². The summed E-state index contributed by atoms with van der Waals surface area (Å²) in [6.07, 6.45) is 2.95. The SMILES string of the molecule is O=C(Nc1ccc(OC(=O)C2CCC2)cc1)c1cccs1. The van der Waals surface area contributed by atoms with Crippen molar-refractivity contribution in [2.24, 2.45) is 5.92 Å². The lowest BCUT2D eigenvalue weighted by molar-refractivity contribution is -0.141. The van der Waals surface area contributed by atoms with Gasteiger partial charge in [0, 0.05) is 5.69 Å². The van der Waals surface area contributed by atoms with Crippen LogP contribution in [0.15, 0.2) is 41.8 Å². The number of carbonyl (C=O) groups is 2. The Hall–Kier alpha value is -2.14. The average molecular weight is 301 g/mol. The first-order chi connectivity index (χ1) is 10.2. The number of ether oxygens (including phenoxy) is 1.